The van der Waals surface area contributed by atoms with Crippen LogP contribution < -0.4 is 21.5 Å². The van der Waals surface area contributed by atoms with E-state index < -0.39 is 23.8 Å². The summed E-state index contributed by atoms with van der Waals surface area (Å²) < 4.78 is 0. The highest BCUT2D eigenvalue weighted by atomic mass is 16.3. The molecule has 8 nitrogen and oxygen atoms in total. The van der Waals surface area contributed by atoms with Crippen LogP contribution in [0.2, 0.25) is 0 Å². The second-order valence-corrected chi connectivity index (χ2v) is 6.76. The average Bonchev–Trinajstić information content (AvgIpc) is 2.45. The summed E-state index contributed by atoms with van der Waals surface area (Å²) in [6, 6.07) is -0.458. The molecule has 0 bridgehead atoms. The number of nitrogens with zero attached hydrogens (tertiary/aromatic N) is 1. The van der Waals surface area contributed by atoms with Crippen LogP contribution in [0.25, 0.3) is 0 Å². The Morgan fingerprint density at radius 1 is 1.43 bits per heavy atom. The summed E-state index contributed by atoms with van der Waals surface area (Å²) in [6.07, 6.45) is 0.103. The number of rotatable bonds is 6. The third kappa shape index (κ3) is 4.14. The van der Waals surface area contributed by atoms with Gasteiger partial charge in [-0.05, 0) is 27.2 Å². The van der Waals surface area contributed by atoms with Crippen LogP contribution in [-0.4, -0.2) is 50.5 Å². The summed E-state index contributed by atoms with van der Waals surface area (Å²) >= 11 is 0. The molecule has 0 aromatic carbocycles. The van der Waals surface area contributed by atoms with Gasteiger partial charge < -0.3 is 31.1 Å². The van der Waals surface area contributed by atoms with E-state index in [4.69, 9.17) is 0 Å². The van der Waals surface area contributed by atoms with Crippen molar-refractivity contribution >= 4 is 17.5 Å². The van der Waals surface area contributed by atoms with Crippen LogP contribution in [-0.2, 0) is 0 Å². The Morgan fingerprint density at radius 3 is 2.74 bits per heavy atom. The lowest BCUT2D eigenvalue weighted by Crippen LogP contribution is -2.48. The largest absolute Gasteiger partial charge is 0.391 e. The maximum Gasteiger partial charge on any atom is 0.300 e. The van der Waals surface area contributed by atoms with Gasteiger partial charge in [0.15, 0.2) is 0 Å². The molecule has 1 aliphatic rings. The Morgan fingerprint density at radius 2 is 2.13 bits per heavy atom. The predicted molar refractivity (Wildman–Crippen MR) is 91.1 cm³/mol. The molecule has 0 radical (unpaired) electrons. The van der Waals surface area contributed by atoms with Crippen molar-refractivity contribution in [1.29, 1.82) is 0 Å². The van der Waals surface area contributed by atoms with Gasteiger partial charge in [-0.1, -0.05) is 13.3 Å². The summed E-state index contributed by atoms with van der Waals surface area (Å²) in [5, 5.41) is 28.7. The normalized spacial score (nSPS) is 20.0. The predicted octanol–water partition coefficient (Wildman–Crippen LogP) is 0.708. The van der Waals surface area contributed by atoms with Crippen LogP contribution in [0, 0.1) is 0 Å². The van der Waals surface area contributed by atoms with E-state index in [0.717, 1.165) is 12.8 Å². The molecule has 0 spiro atoms. The van der Waals surface area contributed by atoms with E-state index >= 15 is 0 Å². The van der Waals surface area contributed by atoms with E-state index in [1.165, 1.54) is 6.92 Å². The zero-order chi connectivity index (χ0) is 17.2. The van der Waals surface area contributed by atoms with Crippen LogP contribution in [0.4, 0.5) is 17.5 Å². The van der Waals surface area contributed by atoms with Crippen LogP contribution in [0.3, 0.4) is 0 Å². The van der Waals surface area contributed by atoms with Crippen molar-refractivity contribution < 1.29 is 10.2 Å². The van der Waals surface area contributed by atoms with E-state index in [1.807, 2.05) is 0 Å². The van der Waals surface area contributed by atoms with E-state index in [2.05, 4.69) is 46.7 Å². The summed E-state index contributed by atoms with van der Waals surface area (Å²) in [7, 11) is 0. The maximum atomic E-state index is 12.2. The molecule has 0 amide bonds. The number of aromatic nitrogens is 2. The fourth-order valence-corrected chi connectivity index (χ4v) is 2.80. The number of H-pyrrole nitrogens is 1. The van der Waals surface area contributed by atoms with Crippen molar-refractivity contribution in [2.45, 2.75) is 64.3 Å². The van der Waals surface area contributed by atoms with Gasteiger partial charge in [0.05, 0.1) is 12.1 Å². The number of nitrogens with one attached hydrogen (secondary N) is 4. The first-order valence-electron chi connectivity index (χ1n) is 8.02. The molecule has 0 saturated heterocycles. The molecule has 2 rings (SSSR count). The Labute approximate surface area is 135 Å². The second-order valence-electron chi connectivity index (χ2n) is 6.76. The zero-order valence-electron chi connectivity index (χ0n) is 14.1. The van der Waals surface area contributed by atoms with Gasteiger partial charge in [0.25, 0.3) is 5.56 Å². The fraction of sp³-hybridized carbons (Fsp3) is 0.733. The lowest BCUT2D eigenvalue weighted by molar-refractivity contribution is 0.0214. The van der Waals surface area contributed by atoms with Gasteiger partial charge in [0, 0.05) is 12.1 Å². The third-order valence-corrected chi connectivity index (χ3v) is 3.99. The molecular weight excluding hydrogens is 298 g/mol. The first kappa shape index (κ1) is 17.6. The van der Waals surface area contributed by atoms with E-state index in [1.54, 1.807) is 0 Å². The number of aromatic amines is 1. The van der Waals surface area contributed by atoms with Crippen molar-refractivity contribution in [3.63, 3.8) is 0 Å². The van der Waals surface area contributed by atoms with Gasteiger partial charge in [-0.2, -0.15) is 4.98 Å². The standard InChI is InChI=1S/C15H27N5O3/c1-5-6-15(3,4)20-14-18-12-10(13(23)19-14)17-9(7-16-12)11(22)8(2)21/h8-9,11,17,21-22H,5-7H2,1-4H3,(H3,16,18,19,20,23)/t8-,9+,11-/m0/s1. The van der Waals surface area contributed by atoms with E-state index in [-0.39, 0.29) is 11.2 Å². The summed E-state index contributed by atoms with van der Waals surface area (Å²) in [5.41, 5.74) is -0.310. The molecule has 6 N–H and O–H groups in total. The smallest absolute Gasteiger partial charge is 0.300 e. The quantitative estimate of drug-likeness (QED) is 0.455. The van der Waals surface area contributed by atoms with Crippen molar-refractivity contribution in [1.82, 2.24) is 9.97 Å². The summed E-state index contributed by atoms with van der Waals surface area (Å²) in [5.74, 6) is 0.949. The molecule has 0 aliphatic carbocycles. The van der Waals surface area contributed by atoms with Crippen molar-refractivity contribution in [2.24, 2.45) is 0 Å². The molecule has 1 aromatic heterocycles. The van der Waals surface area contributed by atoms with Crippen LogP contribution >= 0.6 is 0 Å². The molecule has 0 fully saturated rings. The Hall–Kier alpha value is -1.80. The highest BCUT2D eigenvalue weighted by molar-refractivity contribution is 5.67. The Kier molecular flexibility index (Phi) is 5.16. The number of hydrogen-bond donors (Lipinski definition) is 6. The molecule has 0 saturated carbocycles. The SMILES string of the molecule is CCCC(C)(C)Nc1nc(=O)c2c([nH]1)NC[C@H]([C@@H](O)[C@H](C)O)N2. The Bertz CT molecular complexity index is 599. The van der Waals surface area contributed by atoms with Gasteiger partial charge in [0.2, 0.25) is 5.95 Å². The minimum Gasteiger partial charge on any atom is -0.391 e. The first-order chi connectivity index (χ1) is 10.7. The molecular formula is C15H27N5O3. The fourth-order valence-electron chi connectivity index (χ4n) is 2.80. The monoisotopic (exact) mass is 325 g/mol. The second kappa shape index (κ2) is 6.76. The lowest BCUT2D eigenvalue weighted by Gasteiger charge is -2.32. The molecule has 130 valence electrons. The molecule has 0 unspecified atom stereocenters. The van der Waals surface area contributed by atoms with Gasteiger partial charge in [0.1, 0.15) is 17.6 Å². The maximum absolute atomic E-state index is 12.2. The molecule has 23 heavy (non-hydrogen) atoms. The number of anilines is 3. The molecule has 1 aliphatic heterocycles. The molecule has 1 aromatic rings. The first-order valence-corrected chi connectivity index (χ1v) is 8.02. The molecule has 3 atom stereocenters. The average molecular weight is 325 g/mol. The number of aliphatic hydroxyl groups is 2. The summed E-state index contributed by atoms with van der Waals surface area (Å²) in [4.78, 5) is 19.3. The molecule has 8 heteroatoms. The topological polar surface area (TPSA) is 122 Å². The molecule has 2 heterocycles. The number of aliphatic hydroxyl groups excluding tert-OH is 2. The van der Waals surface area contributed by atoms with Crippen molar-refractivity contribution in [3.05, 3.63) is 10.4 Å². The summed E-state index contributed by atoms with van der Waals surface area (Å²) in [6.45, 7) is 8.10. The minimum absolute atomic E-state index is 0.175. The van der Waals surface area contributed by atoms with Gasteiger partial charge >= 0.3 is 0 Å². The highest BCUT2D eigenvalue weighted by Crippen LogP contribution is 2.24. The Balaban J connectivity index is 2.20. The van der Waals surface area contributed by atoms with Gasteiger partial charge in [-0.25, -0.2) is 0 Å². The van der Waals surface area contributed by atoms with Crippen molar-refractivity contribution in [2.75, 3.05) is 22.5 Å². The van der Waals surface area contributed by atoms with Crippen LogP contribution in [0.15, 0.2) is 4.79 Å². The minimum atomic E-state index is -0.976. The zero-order valence-corrected chi connectivity index (χ0v) is 14.1. The number of hydrogen-bond acceptors (Lipinski definition) is 7. The van der Waals surface area contributed by atoms with E-state index in [0.29, 0.717) is 18.3 Å². The number of fused-ring (bicyclic) bond motifs is 1. The van der Waals surface area contributed by atoms with Crippen LogP contribution in [0.5, 0.6) is 0 Å². The van der Waals surface area contributed by atoms with Gasteiger partial charge in [-0.3, -0.25) is 4.79 Å². The van der Waals surface area contributed by atoms with Crippen molar-refractivity contribution in [3.8, 4) is 0 Å². The van der Waals surface area contributed by atoms with Gasteiger partial charge in [-0.15, -0.1) is 0 Å². The van der Waals surface area contributed by atoms with E-state index in [9.17, 15) is 15.0 Å². The van der Waals surface area contributed by atoms with Crippen LogP contribution in [0.1, 0.15) is 40.5 Å². The lowest BCUT2D eigenvalue weighted by atomic mass is 9.99. The third-order valence-electron chi connectivity index (χ3n) is 3.99. The highest BCUT2D eigenvalue weighted by Gasteiger charge is 2.29.